The van der Waals surface area contributed by atoms with Crippen LogP contribution in [0.3, 0.4) is 0 Å². The lowest BCUT2D eigenvalue weighted by Crippen LogP contribution is -2.36. The molecule has 0 radical (unpaired) electrons. The van der Waals surface area contributed by atoms with Crippen LogP contribution in [-0.4, -0.2) is 73.7 Å². The van der Waals surface area contributed by atoms with E-state index >= 15 is 0 Å². The van der Waals surface area contributed by atoms with Gasteiger partial charge in [0.2, 0.25) is 0 Å². The van der Waals surface area contributed by atoms with Gasteiger partial charge in [-0.05, 0) is 74.5 Å². The zero-order chi connectivity index (χ0) is 36.0. The standard InChI is InChI=1S/C37H47N7O4S2Si/c1-7-47-35(45)32-34(43-19-17-27(18-20-43)24-48-28-13-9-8-10-14-28)50-36(38-32)42(3)31-23-26(2)33(41-40-31)39-37-44(25-46-21-22-51(4,5)6)29-15-11-12-16-30(29)49-37/h8-16,23,27H,7,17-22,24-25H2,1-6H3. The number of aryl methyl sites for hydroxylation is 1. The fraction of sp³-hybridized carbons (Fsp3) is 0.432. The highest BCUT2D eigenvalue weighted by Crippen LogP contribution is 2.38. The number of anilines is 3. The summed E-state index contributed by atoms with van der Waals surface area (Å²) in [6, 6.07) is 21.3. The molecule has 0 unspecified atom stereocenters. The fourth-order valence-electron chi connectivity index (χ4n) is 5.72. The Kier molecular flexibility index (Phi) is 11.9. The fourth-order valence-corrected chi connectivity index (χ4v) is 8.57. The summed E-state index contributed by atoms with van der Waals surface area (Å²) >= 11 is 3.07. The first-order valence-corrected chi connectivity index (χ1v) is 22.8. The lowest BCUT2D eigenvalue weighted by Gasteiger charge is -2.32. The van der Waals surface area contributed by atoms with E-state index in [0.717, 1.165) is 69.9 Å². The average Bonchev–Trinajstić information content (AvgIpc) is 3.72. The van der Waals surface area contributed by atoms with Gasteiger partial charge in [-0.15, -0.1) is 10.2 Å². The van der Waals surface area contributed by atoms with Gasteiger partial charge in [0.25, 0.3) is 0 Å². The van der Waals surface area contributed by atoms with E-state index in [-0.39, 0.29) is 6.61 Å². The van der Waals surface area contributed by atoms with Gasteiger partial charge < -0.3 is 24.0 Å². The molecule has 1 saturated heterocycles. The maximum absolute atomic E-state index is 13.1. The quantitative estimate of drug-likeness (QED) is 0.0634. The third-order valence-corrected chi connectivity index (χ3v) is 12.7. The molecule has 1 fully saturated rings. The van der Waals surface area contributed by atoms with E-state index in [4.69, 9.17) is 24.2 Å². The van der Waals surface area contributed by atoms with Gasteiger partial charge in [-0.2, -0.15) is 4.99 Å². The summed E-state index contributed by atoms with van der Waals surface area (Å²) in [6.45, 7) is 14.6. The SMILES string of the molecule is CCOC(=O)c1nc(N(C)c2cc(C)c(N=c3sc4ccccc4n3COCC[Si](C)(C)C)nn2)sc1N1CCC(COc2ccccc2)CC1. The number of rotatable bonds is 14. The number of hydrogen-bond donors (Lipinski definition) is 0. The van der Waals surface area contributed by atoms with Crippen molar-refractivity contribution in [3.05, 3.63) is 76.7 Å². The lowest BCUT2D eigenvalue weighted by atomic mass is 9.98. The molecule has 0 atom stereocenters. The second-order valence-electron chi connectivity index (χ2n) is 13.9. The van der Waals surface area contributed by atoms with Crippen molar-refractivity contribution < 1.29 is 19.0 Å². The van der Waals surface area contributed by atoms with E-state index in [1.54, 1.807) is 11.3 Å². The van der Waals surface area contributed by atoms with Crippen molar-refractivity contribution in [1.29, 1.82) is 0 Å². The summed E-state index contributed by atoms with van der Waals surface area (Å²) in [4.78, 5) is 27.8. The molecule has 4 heterocycles. The molecular formula is C37H47N7O4S2Si. The smallest absolute Gasteiger partial charge is 0.360 e. The summed E-state index contributed by atoms with van der Waals surface area (Å²) in [7, 11) is 0.691. The monoisotopic (exact) mass is 745 g/mol. The lowest BCUT2D eigenvalue weighted by molar-refractivity contribution is 0.0521. The van der Waals surface area contributed by atoms with Crippen molar-refractivity contribution in [3.8, 4) is 5.75 Å². The van der Waals surface area contributed by atoms with E-state index in [1.165, 1.54) is 11.3 Å². The van der Waals surface area contributed by atoms with E-state index in [2.05, 4.69) is 51.4 Å². The Labute approximate surface area is 308 Å². The number of thiazole rings is 2. The maximum atomic E-state index is 13.1. The van der Waals surface area contributed by atoms with Gasteiger partial charge in [0.1, 0.15) is 17.5 Å². The molecule has 0 bridgehead atoms. The minimum absolute atomic E-state index is 0.278. The Morgan fingerprint density at radius 1 is 1.04 bits per heavy atom. The number of esters is 1. The number of carbonyl (C=O) groups is 1. The summed E-state index contributed by atoms with van der Waals surface area (Å²) in [5.41, 5.74) is 2.29. The summed E-state index contributed by atoms with van der Waals surface area (Å²) in [5, 5.41) is 10.6. The average molecular weight is 746 g/mol. The van der Waals surface area contributed by atoms with Gasteiger partial charge in [-0.3, -0.25) is 4.57 Å². The Hall–Kier alpha value is -4.11. The van der Waals surface area contributed by atoms with Crippen molar-refractivity contribution >= 4 is 68.7 Å². The number of piperidine rings is 1. The molecule has 6 rings (SSSR count). The number of nitrogens with zero attached hydrogens (tertiary/aromatic N) is 7. The predicted octanol–water partition coefficient (Wildman–Crippen LogP) is 8.04. The number of fused-ring (bicyclic) bond motifs is 1. The summed E-state index contributed by atoms with van der Waals surface area (Å²) < 4.78 is 20.8. The molecule has 5 aromatic rings. The molecular weight excluding hydrogens is 699 g/mol. The Morgan fingerprint density at radius 3 is 2.51 bits per heavy atom. The van der Waals surface area contributed by atoms with Crippen LogP contribution in [0.5, 0.6) is 5.75 Å². The summed E-state index contributed by atoms with van der Waals surface area (Å²) in [5.74, 6) is 2.06. The van der Waals surface area contributed by atoms with Crippen LogP contribution in [0.2, 0.25) is 25.7 Å². The third kappa shape index (κ3) is 9.22. The molecule has 11 nitrogen and oxygen atoms in total. The van der Waals surface area contributed by atoms with Crippen LogP contribution in [0.1, 0.15) is 35.8 Å². The molecule has 3 aromatic heterocycles. The Bertz CT molecular complexity index is 2000. The second-order valence-corrected chi connectivity index (χ2v) is 21.5. The van der Waals surface area contributed by atoms with Crippen molar-refractivity contribution in [1.82, 2.24) is 19.7 Å². The van der Waals surface area contributed by atoms with E-state index in [0.29, 0.717) is 41.7 Å². The van der Waals surface area contributed by atoms with Crippen molar-refractivity contribution in [2.24, 2.45) is 10.9 Å². The van der Waals surface area contributed by atoms with Gasteiger partial charge in [0.15, 0.2) is 27.3 Å². The number of ether oxygens (including phenoxy) is 3. The molecule has 0 amide bonds. The van der Waals surface area contributed by atoms with Gasteiger partial charge in [-0.1, -0.05) is 72.6 Å². The molecule has 14 heteroatoms. The van der Waals surface area contributed by atoms with Crippen LogP contribution >= 0.6 is 22.7 Å². The van der Waals surface area contributed by atoms with E-state index < -0.39 is 14.0 Å². The number of aromatic nitrogens is 4. The molecule has 1 aliphatic heterocycles. The Balaban J connectivity index is 1.19. The number of para-hydroxylation sites is 2. The highest BCUT2D eigenvalue weighted by molar-refractivity contribution is 7.20. The molecule has 0 spiro atoms. The zero-order valence-corrected chi connectivity index (χ0v) is 32.9. The molecule has 0 N–H and O–H groups in total. The maximum Gasteiger partial charge on any atom is 0.360 e. The topological polar surface area (TPSA) is 107 Å². The molecule has 1 aliphatic rings. The number of benzene rings is 2. The largest absolute Gasteiger partial charge is 0.493 e. The molecule has 270 valence electrons. The Morgan fingerprint density at radius 2 is 1.78 bits per heavy atom. The second kappa shape index (κ2) is 16.5. The van der Waals surface area contributed by atoms with Gasteiger partial charge in [0.05, 0.1) is 23.4 Å². The van der Waals surface area contributed by atoms with Crippen molar-refractivity contribution in [2.45, 2.75) is 59.1 Å². The molecule has 51 heavy (non-hydrogen) atoms. The van der Waals surface area contributed by atoms with Crippen LogP contribution in [0, 0.1) is 12.8 Å². The van der Waals surface area contributed by atoms with Crippen LogP contribution < -0.4 is 19.3 Å². The summed E-state index contributed by atoms with van der Waals surface area (Å²) in [6.07, 6.45) is 1.91. The first-order valence-electron chi connectivity index (χ1n) is 17.5. The minimum atomic E-state index is -1.20. The van der Waals surface area contributed by atoms with Crippen LogP contribution in [0.25, 0.3) is 10.2 Å². The minimum Gasteiger partial charge on any atom is -0.493 e. The van der Waals surface area contributed by atoms with Crippen LogP contribution in [0.4, 0.5) is 21.8 Å². The predicted molar refractivity (Wildman–Crippen MR) is 209 cm³/mol. The first kappa shape index (κ1) is 36.7. The molecule has 0 saturated carbocycles. The van der Waals surface area contributed by atoms with E-state index in [9.17, 15) is 4.79 Å². The van der Waals surface area contributed by atoms with Crippen molar-refractivity contribution in [3.63, 3.8) is 0 Å². The van der Waals surface area contributed by atoms with Crippen LogP contribution in [-0.2, 0) is 16.2 Å². The zero-order valence-electron chi connectivity index (χ0n) is 30.3. The first-order chi connectivity index (χ1) is 24.6. The van der Waals surface area contributed by atoms with Gasteiger partial charge in [0, 0.05) is 34.8 Å². The normalized spacial score (nSPS) is 14.3. The molecule has 0 aliphatic carbocycles. The van der Waals surface area contributed by atoms with Gasteiger partial charge >= 0.3 is 5.97 Å². The molecule has 2 aromatic carbocycles. The highest BCUT2D eigenvalue weighted by Gasteiger charge is 2.29. The van der Waals surface area contributed by atoms with Crippen molar-refractivity contribution in [2.75, 3.05) is 49.8 Å². The number of carbonyl (C=O) groups excluding carboxylic acids is 1. The van der Waals surface area contributed by atoms with Gasteiger partial charge in [-0.25, -0.2) is 9.78 Å². The van der Waals surface area contributed by atoms with E-state index in [1.807, 2.05) is 74.3 Å². The number of hydrogen-bond acceptors (Lipinski definition) is 12. The van der Waals surface area contributed by atoms with Crippen LogP contribution in [0.15, 0.2) is 65.7 Å². The highest BCUT2D eigenvalue weighted by atomic mass is 32.1. The third-order valence-electron chi connectivity index (χ3n) is 8.78.